The van der Waals surface area contributed by atoms with Crippen LogP contribution in [0.2, 0.25) is 0 Å². The van der Waals surface area contributed by atoms with Gasteiger partial charge in [0.25, 0.3) is 5.91 Å². The molecule has 1 aromatic rings. The Morgan fingerprint density at radius 1 is 1.28 bits per heavy atom. The number of likely N-dealkylation sites (N-methyl/N-ethyl adjacent to an activating group) is 1. The van der Waals surface area contributed by atoms with Gasteiger partial charge in [0, 0.05) is 13.6 Å². The van der Waals surface area contributed by atoms with E-state index in [0.29, 0.717) is 18.3 Å². The van der Waals surface area contributed by atoms with E-state index in [1.54, 1.807) is 11.7 Å². The molecule has 134 valence electrons. The van der Waals surface area contributed by atoms with Gasteiger partial charge in [0.2, 0.25) is 11.9 Å². The van der Waals surface area contributed by atoms with E-state index >= 15 is 0 Å². The highest BCUT2D eigenvalue weighted by atomic mass is 16.2. The van der Waals surface area contributed by atoms with Crippen LogP contribution in [0, 0.1) is 13.8 Å². The molecule has 3 amide bonds. The van der Waals surface area contributed by atoms with Crippen molar-refractivity contribution < 1.29 is 14.2 Å². The Bertz CT molecular complexity index is 804. The fraction of sp³-hybridized carbons (Fsp3) is 0.588. The summed E-state index contributed by atoms with van der Waals surface area (Å²) < 4.78 is 3.69. The molecule has 1 fully saturated rings. The van der Waals surface area contributed by atoms with E-state index < -0.39 is 6.04 Å². The molecule has 2 aliphatic rings. The smallest absolute Gasteiger partial charge is 0.270 e. The van der Waals surface area contributed by atoms with Crippen molar-refractivity contribution in [1.29, 1.82) is 0 Å². The van der Waals surface area contributed by atoms with Crippen molar-refractivity contribution in [2.45, 2.75) is 53.1 Å². The third-order valence-electron chi connectivity index (χ3n) is 4.53. The number of aryl methyl sites for hydroxylation is 2. The highest BCUT2D eigenvalue weighted by Crippen LogP contribution is 2.22. The minimum absolute atomic E-state index is 0.0270. The van der Waals surface area contributed by atoms with Gasteiger partial charge in [0.1, 0.15) is 5.69 Å². The van der Waals surface area contributed by atoms with Gasteiger partial charge in [-0.25, -0.2) is 9.37 Å². The number of urea groups is 1. The second kappa shape index (κ2) is 6.09. The van der Waals surface area contributed by atoms with Crippen molar-refractivity contribution in [3.63, 3.8) is 0 Å². The molecule has 1 aromatic heterocycles. The summed E-state index contributed by atoms with van der Waals surface area (Å²) >= 11 is 0. The minimum Gasteiger partial charge on any atom is -0.270 e. The second-order valence-electron chi connectivity index (χ2n) is 6.84. The monoisotopic (exact) mass is 345 g/mol. The van der Waals surface area contributed by atoms with Gasteiger partial charge in [-0.15, -0.1) is 9.78 Å². The molecule has 0 aromatic carbocycles. The van der Waals surface area contributed by atoms with E-state index in [-0.39, 0.29) is 18.0 Å². The standard InChI is InChI=1S/C17H25N6O2/c1-7-8-21-15(24)13-14(20(6)17(21)25)18-16(22(13)10(2)3)23-12(5)9-11(4)19-23/h9-10,13H,7-8H2,1-6H3/q+1. The summed E-state index contributed by atoms with van der Waals surface area (Å²) in [5.74, 6) is 0.847. The van der Waals surface area contributed by atoms with E-state index in [0.717, 1.165) is 17.8 Å². The lowest BCUT2D eigenvalue weighted by Gasteiger charge is -2.34. The van der Waals surface area contributed by atoms with E-state index in [1.807, 2.05) is 45.3 Å². The lowest BCUT2D eigenvalue weighted by Crippen LogP contribution is -2.63. The quantitative estimate of drug-likeness (QED) is 0.773. The summed E-state index contributed by atoms with van der Waals surface area (Å²) in [7, 11) is 1.67. The molecule has 25 heavy (non-hydrogen) atoms. The predicted octanol–water partition coefficient (Wildman–Crippen LogP) is 1.21. The largest absolute Gasteiger partial charge is 0.421 e. The summed E-state index contributed by atoms with van der Waals surface area (Å²) in [5, 5.41) is 4.51. The first-order valence-corrected chi connectivity index (χ1v) is 8.64. The first kappa shape index (κ1) is 17.3. The lowest BCUT2D eigenvalue weighted by atomic mass is 10.1. The Hall–Kier alpha value is -2.51. The fourth-order valence-corrected chi connectivity index (χ4v) is 3.42. The van der Waals surface area contributed by atoms with Gasteiger partial charge in [-0.3, -0.25) is 14.6 Å². The van der Waals surface area contributed by atoms with Crippen molar-refractivity contribution in [2.24, 2.45) is 4.99 Å². The van der Waals surface area contributed by atoms with Gasteiger partial charge in [-0.2, -0.15) is 0 Å². The molecule has 8 heteroatoms. The SMILES string of the molecule is CCCN1C(=O)C2C(=NC(n3nc(C)cc3C)=[N+]2C(C)C)N(C)C1=O. The van der Waals surface area contributed by atoms with Crippen LogP contribution in [0.1, 0.15) is 38.6 Å². The Labute approximate surface area is 147 Å². The number of amides is 3. The van der Waals surface area contributed by atoms with Gasteiger partial charge in [-0.05, 0) is 40.2 Å². The van der Waals surface area contributed by atoms with Crippen molar-refractivity contribution in [3.8, 4) is 0 Å². The molecule has 3 heterocycles. The lowest BCUT2D eigenvalue weighted by molar-refractivity contribution is -0.567. The highest BCUT2D eigenvalue weighted by Gasteiger charge is 2.53. The first-order valence-electron chi connectivity index (χ1n) is 8.64. The molecule has 0 spiro atoms. The summed E-state index contributed by atoms with van der Waals surface area (Å²) in [4.78, 5) is 33.1. The fourth-order valence-electron chi connectivity index (χ4n) is 3.42. The maximum Gasteiger partial charge on any atom is 0.421 e. The number of nitrogens with zero attached hydrogens (tertiary/aromatic N) is 6. The van der Waals surface area contributed by atoms with Crippen molar-refractivity contribution in [2.75, 3.05) is 13.6 Å². The van der Waals surface area contributed by atoms with Crippen LogP contribution in [0.25, 0.3) is 0 Å². The minimum atomic E-state index is -0.590. The number of rotatable bonds is 3. The van der Waals surface area contributed by atoms with Gasteiger partial charge in [-0.1, -0.05) is 11.9 Å². The van der Waals surface area contributed by atoms with E-state index in [4.69, 9.17) is 0 Å². The number of carbonyl (C=O) groups excluding carboxylic acids is 2. The molecule has 1 unspecified atom stereocenters. The molecule has 0 radical (unpaired) electrons. The van der Waals surface area contributed by atoms with Crippen molar-refractivity contribution >= 4 is 23.7 Å². The highest BCUT2D eigenvalue weighted by molar-refractivity contribution is 6.23. The van der Waals surface area contributed by atoms with Gasteiger partial charge in [0.15, 0.2) is 0 Å². The number of aliphatic imine (C=N–C) groups is 1. The molecule has 0 N–H and O–H groups in total. The molecule has 0 bridgehead atoms. The molecule has 0 saturated carbocycles. The Morgan fingerprint density at radius 3 is 2.48 bits per heavy atom. The number of carbonyl (C=O) groups is 2. The normalized spacial score (nSPS) is 20.8. The van der Waals surface area contributed by atoms with Crippen LogP contribution in [-0.4, -0.2) is 73.6 Å². The average molecular weight is 345 g/mol. The van der Waals surface area contributed by atoms with Crippen LogP contribution < -0.4 is 0 Å². The number of hydrogen-bond acceptors (Lipinski definition) is 4. The zero-order valence-electron chi connectivity index (χ0n) is 15.6. The van der Waals surface area contributed by atoms with E-state index in [1.165, 1.54) is 9.80 Å². The van der Waals surface area contributed by atoms with Crippen LogP contribution in [0.3, 0.4) is 0 Å². The first-order chi connectivity index (χ1) is 11.8. The summed E-state index contributed by atoms with van der Waals surface area (Å²) in [6, 6.07) is 1.08. The molecule has 8 nitrogen and oxygen atoms in total. The maximum atomic E-state index is 13.0. The van der Waals surface area contributed by atoms with Crippen molar-refractivity contribution in [3.05, 3.63) is 17.5 Å². The Morgan fingerprint density at radius 2 is 1.96 bits per heavy atom. The number of aromatic nitrogens is 2. The van der Waals surface area contributed by atoms with Gasteiger partial charge in [0.05, 0.1) is 11.7 Å². The van der Waals surface area contributed by atoms with Crippen LogP contribution in [0.4, 0.5) is 4.79 Å². The zero-order valence-corrected chi connectivity index (χ0v) is 15.6. The number of fused-ring (bicyclic) bond motifs is 1. The van der Waals surface area contributed by atoms with Crippen LogP contribution in [0.15, 0.2) is 11.1 Å². The average Bonchev–Trinajstić information content (AvgIpc) is 3.09. The van der Waals surface area contributed by atoms with Crippen molar-refractivity contribution in [1.82, 2.24) is 19.6 Å². The molecular formula is C17H25N6O2+. The van der Waals surface area contributed by atoms with Crippen LogP contribution in [0.5, 0.6) is 0 Å². The molecule has 1 saturated heterocycles. The maximum absolute atomic E-state index is 13.0. The molecule has 0 aliphatic carbocycles. The van der Waals surface area contributed by atoms with E-state index in [2.05, 4.69) is 10.1 Å². The number of hydrogen-bond donors (Lipinski definition) is 0. The third-order valence-corrected chi connectivity index (χ3v) is 4.53. The van der Waals surface area contributed by atoms with Crippen LogP contribution in [-0.2, 0) is 4.79 Å². The van der Waals surface area contributed by atoms with Gasteiger partial charge >= 0.3 is 12.0 Å². The Balaban J connectivity index is 2.17. The molecular weight excluding hydrogens is 320 g/mol. The molecule has 2 aliphatic heterocycles. The predicted molar refractivity (Wildman–Crippen MR) is 93.9 cm³/mol. The number of amidine groups is 1. The summed E-state index contributed by atoms with van der Waals surface area (Å²) in [6.45, 7) is 10.3. The molecule has 1 atom stereocenters. The van der Waals surface area contributed by atoms with E-state index in [9.17, 15) is 9.59 Å². The summed E-state index contributed by atoms with van der Waals surface area (Å²) in [6.07, 6.45) is 0.722. The zero-order chi connectivity index (χ0) is 18.5. The third kappa shape index (κ3) is 2.56. The number of imide groups is 1. The molecule has 3 rings (SSSR count). The van der Waals surface area contributed by atoms with Gasteiger partial charge < -0.3 is 0 Å². The summed E-state index contributed by atoms with van der Waals surface area (Å²) in [5.41, 5.74) is 1.82. The Kier molecular flexibility index (Phi) is 4.22. The van der Waals surface area contributed by atoms with Crippen LogP contribution >= 0.6 is 0 Å². The topological polar surface area (TPSA) is 73.8 Å². The second-order valence-corrected chi connectivity index (χ2v) is 6.84.